The van der Waals surface area contributed by atoms with E-state index < -0.39 is 11.7 Å². The van der Waals surface area contributed by atoms with Crippen molar-refractivity contribution in [2.24, 2.45) is 0 Å². The minimum atomic E-state index is -0.456. The maximum atomic E-state index is 12.9. The quantitative estimate of drug-likeness (QED) is 0.650. The molecule has 0 amide bonds. The SMILES string of the molecule is COc1ccccc1[C@H]1CC(=O)c2c(C)cc3oc(=O)cc(C)c3c2O1. The van der Waals surface area contributed by atoms with Crippen molar-refractivity contribution < 1.29 is 18.7 Å². The van der Waals surface area contributed by atoms with Crippen molar-refractivity contribution in [3.8, 4) is 11.5 Å². The molecule has 0 saturated heterocycles. The Hall–Kier alpha value is -3.08. The van der Waals surface area contributed by atoms with Gasteiger partial charge in [-0.3, -0.25) is 4.79 Å². The lowest BCUT2D eigenvalue weighted by Gasteiger charge is -2.28. The summed E-state index contributed by atoms with van der Waals surface area (Å²) >= 11 is 0. The highest BCUT2D eigenvalue weighted by Gasteiger charge is 2.33. The maximum absolute atomic E-state index is 12.9. The lowest BCUT2D eigenvalue weighted by atomic mass is 9.91. The monoisotopic (exact) mass is 350 g/mol. The molecule has 132 valence electrons. The summed E-state index contributed by atoms with van der Waals surface area (Å²) < 4.78 is 17.0. The second kappa shape index (κ2) is 6.02. The average Bonchev–Trinajstić information content (AvgIpc) is 2.60. The second-order valence-corrected chi connectivity index (χ2v) is 6.49. The number of ketones is 1. The summed E-state index contributed by atoms with van der Waals surface area (Å²) in [5.74, 6) is 1.16. The van der Waals surface area contributed by atoms with Crippen LogP contribution in [0.4, 0.5) is 0 Å². The van der Waals surface area contributed by atoms with E-state index in [0.717, 1.165) is 16.7 Å². The normalized spacial score (nSPS) is 16.3. The zero-order valence-corrected chi connectivity index (χ0v) is 14.8. The van der Waals surface area contributed by atoms with Crippen LogP contribution in [0.2, 0.25) is 0 Å². The Labute approximate surface area is 150 Å². The fraction of sp³-hybridized carbons (Fsp3) is 0.238. The van der Waals surface area contributed by atoms with Crippen LogP contribution in [-0.4, -0.2) is 12.9 Å². The molecule has 0 fully saturated rings. The van der Waals surface area contributed by atoms with Crippen molar-refractivity contribution in [2.75, 3.05) is 7.11 Å². The molecule has 2 aromatic carbocycles. The first-order chi connectivity index (χ1) is 12.5. The Morgan fingerprint density at radius 2 is 1.85 bits per heavy atom. The number of benzene rings is 2. The molecule has 0 N–H and O–H groups in total. The standard InChI is InChI=1S/C21H18O5/c1-11-8-17-20(12(2)9-18(23)25-17)21-19(11)14(22)10-16(26-21)13-6-4-5-7-15(13)24-3/h4-9,16H,10H2,1-3H3/t16-/m1/s1. The first kappa shape index (κ1) is 16.4. The van der Waals surface area contributed by atoms with Crippen LogP contribution in [0.25, 0.3) is 11.0 Å². The first-order valence-electron chi connectivity index (χ1n) is 8.40. The highest BCUT2D eigenvalue weighted by Crippen LogP contribution is 2.43. The summed E-state index contributed by atoms with van der Waals surface area (Å²) in [5.41, 5.74) is 2.85. The van der Waals surface area contributed by atoms with E-state index in [4.69, 9.17) is 13.9 Å². The van der Waals surface area contributed by atoms with Gasteiger partial charge in [0.05, 0.1) is 24.5 Å². The van der Waals surface area contributed by atoms with Crippen molar-refractivity contribution in [2.45, 2.75) is 26.4 Å². The molecule has 5 nitrogen and oxygen atoms in total. The summed E-state index contributed by atoms with van der Waals surface area (Å²) in [7, 11) is 1.59. The van der Waals surface area contributed by atoms with Crippen LogP contribution in [0.15, 0.2) is 45.6 Å². The number of hydrogen-bond donors (Lipinski definition) is 0. The third-order valence-corrected chi connectivity index (χ3v) is 4.78. The molecule has 0 radical (unpaired) electrons. The molecule has 3 aromatic rings. The highest BCUT2D eigenvalue weighted by atomic mass is 16.5. The van der Waals surface area contributed by atoms with Gasteiger partial charge in [-0.2, -0.15) is 0 Å². The Kier molecular flexibility index (Phi) is 3.80. The van der Waals surface area contributed by atoms with Gasteiger partial charge in [-0.25, -0.2) is 4.79 Å². The summed E-state index contributed by atoms with van der Waals surface area (Å²) in [6, 6.07) is 10.6. The van der Waals surface area contributed by atoms with Crippen molar-refractivity contribution >= 4 is 16.8 Å². The van der Waals surface area contributed by atoms with Crippen LogP contribution >= 0.6 is 0 Å². The number of para-hydroxylation sites is 1. The fourth-order valence-electron chi connectivity index (χ4n) is 3.62. The molecular formula is C21H18O5. The zero-order valence-electron chi connectivity index (χ0n) is 14.8. The molecule has 1 aliphatic heterocycles. The van der Waals surface area contributed by atoms with Gasteiger partial charge in [0.15, 0.2) is 5.78 Å². The number of Topliss-reactive ketones (excluding diaryl/α,β-unsaturated/α-hetero) is 1. The number of fused-ring (bicyclic) bond motifs is 3. The van der Waals surface area contributed by atoms with Crippen LogP contribution in [0.1, 0.15) is 39.6 Å². The Morgan fingerprint density at radius 3 is 2.62 bits per heavy atom. The molecular weight excluding hydrogens is 332 g/mol. The predicted molar refractivity (Wildman–Crippen MR) is 97.3 cm³/mol. The number of hydrogen-bond acceptors (Lipinski definition) is 5. The molecule has 4 rings (SSSR count). The summed E-state index contributed by atoms with van der Waals surface area (Å²) in [4.78, 5) is 24.6. The molecule has 0 spiro atoms. The van der Waals surface area contributed by atoms with Crippen molar-refractivity contribution in [3.63, 3.8) is 0 Å². The van der Waals surface area contributed by atoms with Crippen molar-refractivity contribution in [1.82, 2.24) is 0 Å². The van der Waals surface area contributed by atoms with Gasteiger partial charge in [0, 0.05) is 11.6 Å². The van der Waals surface area contributed by atoms with Gasteiger partial charge < -0.3 is 13.9 Å². The molecule has 2 heterocycles. The molecule has 26 heavy (non-hydrogen) atoms. The van der Waals surface area contributed by atoms with Crippen LogP contribution in [-0.2, 0) is 0 Å². The smallest absolute Gasteiger partial charge is 0.336 e. The lowest BCUT2D eigenvalue weighted by molar-refractivity contribution is 0.0849. The average molecular weight is 350 g/mol. The highest BCUT2D eigenvalue weighted by molar-refractivity contribution is 6.07. The van der Waals surface area contributed by atoms with Gasteiger partial charge in [-0.15, -0.1) is 0 Å². The second-order valence-electron chi connectivity index (χ2n) is 6.49. The third-order valence-electron chi connectivity index (χ3n) is 4.78. The van der Waals surface area contributed by atoms with Crippen LogP contribution in [0.5, 0.6) is 11.5 Å². The molecule has 1 atom stereocenters. The molecule has 1 aliphatic rings. The van der Waals surface area contributed by atoms with Crippen LogP contribution < -0.4 is 15.1 Å². The van der Waals surface area contributed by atoms with Gasteiger partial charge in [0.1, 0.15) is 23.2 Å². The van der Waals surface area contributed by atoms with E-state index in [1.54, 1.807) is 13.2 Å². The summed E-state index contributed by atoms with van der Waals surface area (Å²) in [6.45, 7) is 3.64. The number of rotatable bonds is 2. The predicted octanol–water partition coefficient (Wildman–Crippen LogP) is 4.12. The van der Waals surface area contributed by atoms with Gasteiger partial charge in [0.2, 0.25) is 0 Å². The van der Waals surface area contributed by atoms with Crippen LogP contribution in [0.3, 0.4) is 0 Å². The lowest BCUT2D eigenvalue weighted by Crippen LogP contribution is -2.22. The van der Waals surface area contributed by atoms with E-state index >= 15 is 0 Å². The molecule has 0 bridgehead atoms. The van der Waals surface area contributed by atoms with E-state index in [1.807, 2.05) is 38.1 Å². The van der Waals surface area contributed by atoms with Crippen LogP contribution in [0, 0.1) is 13.8 Å². The molecule has 0 unspecified atom stereocenters. The first-order valence-corrected chi connectivity index (χ1v) is 8.40. The summed E-state index contributed by atoms with van der Waals surface area (Å²) in [6.07, 6.45) is -0.224. The largest absolute Gasteiger partial charge is 0.496 e. The number of ether oxygens (including phenoxy) is 2. The number of methoxy groups -OCH3 is 1. The topological polar surface area (TPSA) is 65.7 Å². The number of carbonyl (C=O) groups is 1. The van der Waals surface area contributed by atoms with Crippen molar-refractivity contribution in [1.29, 1.82) is 0 Å². The van der Waals surface area contributed by atoms with Gasteiger partial charge in [-0.1, -0.05) is 18.2 Å². The molecule has 1 aromatic heterocycles. The minimum absolute atomic E-state index is 0.00663. The van der Waals surface area contributed by atoms with E-state index in [0.29, 0.717) is 28.0 Å². The molecule has 0 saturated carbocycles. The van der Waals surface area contributed by atoms with E-state index in [2.05, 4.69) is 0 Å². The van der Waals surface area contributed by atoms with E-state index in [-0.39, 0.29) is 12.2 Å². The number of carbonyl (C=O) groups excluding carboxylic acids is 1. The molecule has 0 aliphatic carbocycles. The Bertz CT molecular complexity index is 1090. The Balaban J connectivity index is 1.95. The zero-order chi connectivity index (χ0) is 18.4. The molecule has 5 heteroatoms. The minimum Gasteiger partial charge on any atom is -0.496 e. The van der Waals surface area contributed by atoms with Gasteiger partial charge >= 0.3 is 5.63 Å². The summed E-state index contributed by atoms with van der Waals surface area (Å²) in [5, 5.41) is 0.665. The fourth-order valence-corrected chi connectivity index (χ4v) is 3.62. The van der Waals surface area contributed by atoms with Gasteiger partial charge in [-0.05, 0) is 37.1 Å². The Morgan fingerprint density at radius 1 is 1.08 bits per heavy atom. The van der Waals surface area contributed by atoms with E-state index in [9.17, 15) is 9.59 Å². The van der Waals surface area contributed by atoms with Gasteiger partial charge in [0.25, 0.3) is 0 Å². The number of aryl methyl sites for hydroxylation is 2. The third kappa shape index (κ3) is 2.47. The van der Waals surface area contributed by atoms with Crippen molar-refractivity contribution in [3.05, 3.63) is 69.1 Å². The van der Waals surface area contributed by atoms with E-state index in [1.165, 1.54) is 6.07 Å². The maximum Gasteiger partial charge on any atom is 0.336 e.